The van der Waals surface area contributed by atoms with Gasteiger partial charge in [-0.1, -0.05) is 11.2 Å². The van der Waals surface area contributed by atoms with Gasteiger partial charge >= 0.3 is 5.76 Å². The van der Waals surface area contributed by atoms with Crippen LogP contribution in [-0.2, 0) is 6.54 Å². The molecule has 0 aliphatic carbocycles. The molecule has 1 aromatic carbocycles. The minimum atomic E-state index is -0.498. The highest BCUT2D eigenvalue weighted by Crippen LogP contribution is 2.12. The summed E-state index contributed by atoms with van der Waals surface area (Å²) in [6.07, 6.45) is 0. The van der Waals surface area contributed by atoms with Gasteiger partial charge in [0.25, 0.3) is 0 Å². The molecule has 0 atom stereocenters. The third-order valence-electron chi connectivity index (χ3n) is 2.41. The summed E-state index contributed by atoms with van der Waals surface area (Å²) in [6, 6.07) is 8.86. The monoisotopic (exact) mass is 245 g/mol. The number of benzene rings is 1. The highest BCUT2D eigenvalue weighted by Gasteiger charge is 2.05. The van der Waals surface area contributed by atoms with Crippen molar-refractivity contribution in [1.29, 1.82) is 5.26 Å². The predicted molar refractivity (Wildman–Crippen MR) is 62.2 cm³/mol. The normalized spacial score (nSPS) is 10.0. The van der Waals surface area contributed by atoms with E-state index in [2.05, 4.69) is 9.68 Å². The van der Waals surface area contributed by atoms with Crippen LogP contribution >= 0.6 is 0 Å². The van der Waals surface area contributed by atoms with Gasteiger partial charge in [-0.2, -0.15) is 5.26 Å². The van der Waals surface area contributed by atoms with Crippen molar-refractivity contribution >= 4 is 0 Å². The quantitative estimate of drug-likeness (QED) is 0.805. The van der Waals surface area contributed by atoms with Gasteiger partial charge in [-0.15, -0.1) is 0 Å². The van der Waals surface area contributed by atoms with Gasteiger partial charge in [-0.25, -0.2) is 4.79 Å². The molecular formula is C12H11N3O3. The summed E-state index contributed by atoms with van der Waals surface area (Å²) in [5.41, 5.74) is 0.533. The highest BCUT2D eigenvalue weighted by molar-refractivity contribution is 5.36. The van der Waals surface area contributed by atoms with E-state index in [1.807, 2.05) is 6.07 Å². The van der Waals surface area contributed by atoms with Crippen LogP contribution in [0.25, 0.3) is 0 Å². The lowest BCUT2D eigenvalue weighted by Crippen LogP contribution is -2.19. The molecule has 18 heavy (non-hydrogen) atoms. The smallest absolute Gasteiger partial charge is 0.441 e. The molecule has 2 aromatic rings. The van der Waals surface area contributed by atoms with Crippen LogP contribution < -0.4 is 10.5 Å². The first kappa shape index (κ1) is 11.9. The van der Waals surface area contributed by atoms with Crippen molar-refractivity contribution in [2.75, 3.05) is 6.61 Å². The van der Waals surface area contributed by atoms with E-state index in [9.17, 15) is 4.79 Å². The Balaban J connectivity index is 1.97. The van der Waals surface area contributed by atoms with Crippen molar-refractivity contribution in [2.24, 2.45) is 0 Å². The molecule has 0 aliphatic heterocycles. The van der Waals surface area contributed by atoms with E-state index in [-0.39, 0.29) is 0 Å². The Morgan fingerprint density at radius 1 is 1.56 bits per heavy atom. The number of hydrogen-bond donors (Lipinski definition) is 0. The van der Waals surface area contributed by atoms with Gasteiger partial charge in [0, 0.05) is 0 Å². The second-order valence-corrected chi connectivity index (χ2v) is 3.64. The molecular weight excluding hydrogens is 234 g/mol. The Morgan fingerprint density at radius 3 is 3.06 bits per heavy atom. The summed E-state index contributed by atoms with van der Waals surface area (Å²) >= 11 is 0. The molecule has 2 rings (SSSR count). The molecule has 0 bridgehead atoms. The van der Waals surface area contributed by atoms with E-state index in [4.69, 9.17) is 10.00 Å². The fraction of sp³-hybridized carbons (Fsp3) is 0.250. The Labute approximate surface area is 103 Å². The summed E-state index contributed by atoms with van der Waals surface area (Å²) in [5, 5.41) is 12.3. The van der Waals surface area contributed by atoms with Crippen molar-refractivity contribution in [3.63, 3.8) is 0 Å². The summed E-state index contributed by atoms with van der Waals surface area (Å²) in [6.45, 7) is 2.34. The van der Waals surface area contributed by atoms with Crippen molar-refractivity contribution in [1.82, 2.24) is 9.72 Å². The molecule has 0 N–H and O–H groups in total. The van der Waals surface area contributed by atoms with Gasteiger partial charge in [0.1, 0.15) is 12.4 Å². The zero-order chi connectivity index (χ0) is 13.0. The fourth-order valence-corrected chi connectivity index (χ4v) is 1.50. The summed E-state index contributed by atoms with van der Waals surface area (Å²) < 4.78 is 11.3. The van der Waals surface area contributed by atoms with Crippen LogP contribution in [0.5, 0.6) is 5.75 Å². The molecule has 0 fully saturated rings. The van der Waals surface area contributed by atoms with E-state index in [1.54, 1.807) is 31.2 Å². The van der Waals surface area contributed by atoms with Gasteiger partial charge in [0.15, 0.2) is 5.82 Å². The maximum Gasteiger partial charge on any atom is 0.441 e. The average Bonchev–Trinajstić information content (AvgIpc) is 2.70. The molecule has 92 valence electrons. The standard InChI is InChI=1S/C12H11N3O3/c1-9-14-18-12(16)15(9)5-6-17-11-4-2-3-10(7-11)8-13/h2-4,7H,5-6H2,1H3. The molecule has 0 saturated carbocycles. The first-order chi connectivity index (χ1) is 8.70. The number of aryl methyl sites for hydroxylation is 1. The molecule has 6 heteroatoms. The molecule has 0 saturated heterocycles. The number of rotatable bonds is 4. The Kier molecular flexibility index (Phi) is 3.44. The van der Waals surface area contributed by atoms with Crippen molar-refractivity contribution in [3.05, 3.63) is 46.2 Å². The molecule has 0 amide bonds. The molecule has 0 unspecified atom stereocenters. The van der Waals surface area contributed by atoms with Gasteiger partial charge in [-0.3, -0.25) is 9.09 Å². The SMILES string of the molecule is Cc1noc(=O)n1CCOc1cccc(C#N)c1. The molecule has 1 aromatic heterocycles. The number of nitriles is 1. The van der Waals surface area contributed by atoms with E-state index in [0.29, 0.717) is 30.3 Å². The second kappa shape index (κ2) is 5.19. The molecule has 0 radical (unpaired) electrons. The minimum Gasteiger partial charge on any atom is -0.492 e. The summed E-state index contributed by atoms with van der Waals surface area (Å²) in [7, 11) is 0. The van der Waals surface area contributed by atoms with Crippen molar-refractivity contribution in [3.8, 4) is 11.8 Å². The first-order valence-corrected chi connectivity index (χ1v) is 5.37. The third kappa shape index (κ3) is 2.58. The van der Waals surface area contributed by atoms with Crippen LogP contribution in [0.4, 0.5) is 0 Å². The number of ether oxygens (including phenoxy) is 1. The van der Waals surface area contributed by atoms with Crippen LogP contribution in [0, 0.1) is 18.3 Å². The largest absolute Gasteiger partial charge is 0.492 e. The highest BCUT2D eigenvalue weighted by atomic mass is 16.5. The molecule has 0 aliphatic rings. The van der Waals surface area contributed by atoms with Crippen LogP contribution in [0.2, 0.25) is 0 Å². The van der Waals surface area contributed by atoms with E-state index in [0.717, 1.165) is 0 Å². The van der Waals surface area contributed by atoms with Gasteiger partial charge in [0.05, 0.1) is 18.2 Å². The third-order valence-corrected chi connectivity index (χ3v) is 2.41. The lowest BCUT2D eigenvalue weighted by Gasteiger charge is -2.06. The number of aromatic nitrogens is 2. The van der Waals surface area contributed by atoms with Gasteiger partial charge < -0.3 is 4.74 Å². The van der Waals surface area contributed by atoms with Crippen molar-refractivity contribution < 1.29 is 9.26 Å². The Morgan fingerprint density at radius 2 is 2.39 bits per heavy atom. The number of hydrogen-bond acceptors (Lipinski definition) is 5. The van der Waals surface area contributed by atoms with Crippen LogP contribution in [0.15, 0.2) is 33.6 Å². The maximum absolute atomic E-state index is 11.2. The Hall–Kier alpha value is -2.55. The van der Waals surface area contributed by atoms with Crippen LogP contribution in [0.3, 0.4) is 0 Å². The second-order valence-electron chi connectivity index (χ2n) is 3.64. The lowest BCUT2D eigenvalue weighted by atomic mass is 10.2. The van der Waals surface area contributed by atoms with Crippen LogP contribution in [0.1, 0.15) is 11.4 Å². The average molecular weight is 245 g/mol. The molecule has 6 nitrogen and oxygen atoms in total. The summed E-state index contributed by atoms with van der Waals surface area (Å²) in [5.74, 6) is 0.604. The van der Waals surface area contributed by atoms with Crippen molar-refractivity contribution in [2.45, 2.75) is 13.5 Å². The zero-order valence-corrected chi connectivity index (χ0v) is 9.79. The van der Waals surface area contributed by atoms with Crippen LogP contribution in [-0.4, -0.2) is 16.3 Å². The number of nitrogens with zero attached hydrogens (tertiary/aromatic N) is 3. The minimum absolute atomic E-state index is 0.302. The fourth-order valence-electron chi connectivity index (χ4n) is 1.50. The first-order valence-electron chi connectivity index (χ1n) is 5.37. The van der Waals surface area contributed by atoms with E-state index < -0.39 is 5.76 Å². The van der Waals surface area contributed by atoms with Gasteiger partial charge in [-0.05, 0) is 25.1 Å². The van der Waals surface area contributed by atoms with Gasteiger partial charge in [0.2, 0.25) is 0 Å². The topological polar surface area (TPSA) is 81.1 Å². The van der Waals surface area contributed by atoms with E-state index >= 15 is 0 Å². The maximum atomic E-state index is 11.2. The molecule has 0 spiro atoms. The zero-order valence-electron chi connectivity index (χ0n) is 9.79. The lowest BCUT2D eigenvalue weighted by molar-refractivity contribution is 0.289. The van der Waals surface area contributed by atoms with E-state index in [1.165, 1.54) is 4.57 Å². The predicted octanol–water partition coefficient (Wildman–Crippen LogP) is 1.10. The molecule has 1 heterocycles. The Bertz CT molecular complexity index is 637. The summed E-state index contributed by atoms with van der Waals surface area (Å²) in [4.78, 5) is 11.2.